The van der Waals surface area contributed by atoms with E-state index in [2.05, 4.69) is 0 Å². The van der Waals surface area contributed by atoms with Crippen molar-refractivity contribution in [2.24, 2.45) is 0 Å². The third-order valence-corrected chi connectivity index (χ3v) is 1.69. The van der Waals surface area contributed by atoms with Crippen LogP contribution in [0.15, 0.2) is 23.3 Å². The molecule has 1 rings (SSSR count). The van der Waals surface area contributed by atoms with Crippen molar-refractivity contribution in [3.8, 4) is 0 Å². The molecule has 0 saturated heterocycles. The van der Waals surface area contributed by atoms with E-state index in [-0.39, 0.29) is 12.2 Å². The third-order valence-electron chi connectivity index (χ3n) is 1.69. The highest BCUT2D eigenvalue weighted by atomic mass is 19.4. The van der Waals surface area contributed by atoms with E-state index in [0.29, 0.717) is 0 Å². The summed E-state index contributed by atoms with van der Waals surface area (Å²) in [7, 11) is 0. The Kier molecular flexibility index (Phi) is 2.70. The summed E-state index contributed by atoms with van der Waals surface area (Å²) in [6, 6.07) is 0. The van der Waals surface area contributed by atoms with E-state index in [0.717, 1.165) is 0 Å². The van der Waals surface area contributed by atoms with Crippen LogP contribution in [0, 0.1) is 0 Å². The Hall–Kier alpha value is -1.60. The molecule has 0 amide bonds. The van der Waals surface area contributed by atoms with Crippen LogP contribution < -0.4 is 0 Å². The Balaban J connectivity index is 3.29. The van der Waals surface area contributed by atoms with Crippen LogP contribution in [0.25, 0.3) is 0 Å². The van der Waals surface area contributed by atoms with Gasteiger partial charge in [0.05, 0.1) is 5.57 Å². The van der Waals surface area contributed by atoms with Crippen LogP contribution in [-0.4, -0.2) is 23.9 Å². The van der Waals surface area contributed by atoms with Crippen molar-refractivity contribution in [2.45, 2.75) is 12.4 Å². The number of alkyl halides is 6. The first-order chi connectivity index (χ1) is 7.03. The second kappa shape index (κ2) is 3.46. The van der Waals surface area contributed by atoms with Crippen molar-refractivity contribution in [1.29, 1.82) is 0 Å². The monoisotopic (exact) mass is 244 g/mol. The van der Waals surface area contributed by atoms with Crippen molar-refractivity contribution in [3.63, 3.8) is 0 Å². The fourth-order valence-corrected chi connectivity index (χ4v) is 0.976. The topological polar surface area (TPSA) is 34.1 Å². The molecule has 0 saturated carbocycles. The van der Waals surface area contributed by atoms with E-state index in [4.69, 9.17) is 0 Å². The van der Waals surface area contributed by atoms with Gasteiger partial charge in [-0.25, -0.2) is 0 Å². The number of hydrogen-bond donors (Lipinski definition) is 0. The number of Topliss-reactive ketones (excluding diaryl/α,β-unsaturated/α-hetero) is 1. The SMILES string of the molecule is O=C1C=C(C(F)(F)F)C=C(C(F)(F)F)C1=O. The number of rotatable bonds is 0. The first kappa shape index (κ1) is 12.5. The predicted octanol–water partition coefficient (Wildman–Crippen LogP) is 2.12. The Morgan fingerprint density at radius 1 is 0.812 bits per heavy atom. The van der Waals surface area contributed by atoms with Crippen molar-refractivity contribution in [1.82, 2.24) is 0 Å². The quantitative estimate of drug-likeness (QED) is 0.371. The molecule has 0 bridgehead atoms. The van der Waals surface area contributed by atoms with Gasteiger partial charge in [-0.2, -0.15) is 26.3 Å². The lowest BCUT2D eigenvalue weighted by Gasteiger charge is -2.16. The van der Waals surface area contributed by atoms with Crippen LogP contribution in [0.2, 0.25) is 0 Å². The first-order valence-corrected chi connectivity index (χ1v) is 3.70. The molecule has 0 aliphatic heterocycles. The zero-order valence-corrected chi connectivity index (χ0v) is 7.24. The van der Waals surface area contributed by atoms with Gasteiger partial charge >= 0.3 is 12.4 Å². The molecule has 0 fully saturated rings. The number of hydrogen-bond acceptors (Lipinski definition) is 2. The summed E-state index contributed by atoms with van der Waals surface area (Å²) < 4.78 is 72.5. The molecule has 0 aromatic carbocycles. The highest BCUT2D eigenvalue weighted by molar-refractivity contribution is 6.48. The molecule has 1 aliphatic rings. The maximum Gasteiger partial charge on any atom is 0.420 e. The molecule has 0 radical (unpaired) electrons. The molecule has 0 heterocycles. The molecule has 0 aromatic heterocycles. The summed E-state index contributed by atoms with van der Waals surface area (Å²) in [6.45, 7) is 0. The summed E-state index contributed by atoms with van der Waals surface area (Å²) in [6.07, 6.45) is -10.9. The van der Waals surface area contributed by atoms with Crippen LogP contribution in [-0.2, 0) is 9.59 Å². The summed E-state index contributed by atoms with van der Waals surface area (Å²) in [5.41, 5.74) is -3.89. The van der Waals surface area contributed by atoms with E-state index in [9.17, 15) is 35.9 Å². The zero-order chi connectivity index (χ0) is 12.7. The lowest BCUT2D eigenvalue weighted by Crippen LogP contribution is -2.30. The Morgan fingerprint density at radius 3 is 1.69 bits per heavy atom. The average molecular weight is 244 g/mol. The van der Waals surface area contributed by atoms with Gasteiger partial charge in [0, 0.05) is 6.08 Å². The maximum absolute atomic E-state index is 12.1. The van der Waals surface area contributed by atoms with Gasteiger partial charge in [-0.05, 0) is 6.08 Å². The Labute approximate surface area is 84.2 Å². The Bertz CT molecular complexity index is 409. The van der Waals surface area contributed by atoms with Crippen LogP contribution in [0.1, 0.15) is 0 Å². The Morgan fingerprint density at radius 2 is 1.31 bits per heavy atom. The minimum atomic E-state index is -5.28. The maximum atomic E-state index is 12.1. The van der Waals surface area contributed by atoms with Crippen LogP contribution in [0.5, 0.6) is 0 Å². The van der Waals surface area contributed by atoms with Gasteiger partial charge in [0.15, 0.2) is 0 Å². The van der Waals surface area contributed by atoms with Gasteiger partial charge in [0.25, 0.3) is 0 Å². The standard InChI is InChI=1S/C8H2F6O2/c9-7(10,11)3-1-4(8(12,13)14)6(16)5(15)2-3/h1-2H. The highest BCUT2D eigenvalue weighted by Crippen LogP contribution is 2.35. The fourth-order valence-electron chi connectivity index (χ4n) is 0.976. The number of allylic oxidation sites excluding steroid dienone is 4. The number of carbonyl (C=O) groups is 2. The summed E-state index contributed by atoms with van der Waals surface area (Å²) in [5.74, 6) is -3.82. The molecular formula is C8H2F6O2. The molecule has 8 heteroatoms. The second-order valence-electron chi connectivity index (χ2n) is 2.85. The van der Waals surface area contributed by atoms with Crippen LogP contribution in [0.3, 0.4) is 0 Å². The summed E-state index contributed by atoms with van der Waals surface area (Å²) in [5, 5.41) is 0. The zero-order valence-electron chi connectivity index (χ0n) is 7.24. The molecule has 0 spiro atoms. The molecule has 88 valence electrons. The summed E-state index contributed by atoms with van der Waals surface area (Å²) >= 11 is 0. The van der Waals surface area contributed by atoms with Crippen molar-refractivity contribution in [3.05, 3.63) is 23.3 Å². The van der Waals surface area contributed by atoms with Crippen molar-refractivity contribution >= 4 is 11.6 Å². The average Bonchev–Trinajstić information content (AvgIpc) is 2.05. The molecule has 0 N–H and O–H groups in total. The molecule has 1 aliphatic carbocycles. The van der Waals surface area contributed by atoms with Gasteiger partial charge in [-0.3, -0.25) is 9.59 Å². The van der Waals surface area contributed by atoms with Gasteiger partial charge in [-0.1, -0.05) is 0 Å². The predicted molar refractivity (Wildman–Crippen MR) is 38.3 cm³/mol. The normalized spacial score (nSPS) is 18.4. The van der Waals surface area contributed by atoms with E-state index in [1.165, 1.54) is 0 Å². The number of ketones is 2. The van der Waals surface area contributed by atoms with Crippen molar-refractivity contribution < 1.29 is 35.9 Å². The summed E-state index contributed by atoms with van der Waals surface area (Å²) in [4.78, 5) is 21.3. The molecule has 2 nitrogen and oxygen atoms in total. The lowest BCUT2D eigenvalue weighted by atomic mass is 9.96. The van der Waals surface area contributed by atoms with E-state index < -0.39 is 35.1 Å². The van der Waals surface area contributed by atoms with E-state index >= 15 is 0 Å². The molecule has 0 aromatic rings. The number of carbonyl (C=O) groups excluding carboxylic acids is 2. The number of halogens is 6. The second-order valence-corrected chi connectivity index (χ2v) is 2.85. The first-order valence-electron chi connectivity index (χ1n) is 3.70. The minimum absolute atomic E-state index is 0.155. The van der Waals surface area contributed by atoms with Crippen LogP contribution >= 0.6 is 0 Å². The van der Waals surface area contributed by atoms with Crippen LogP contribution in [0.4, 0.5) is 26.3 Å². The molecular weight excluding hydrogens is 242 g/mol. The van der Waals surface area contributed by atoms with E-state index in [1.54, 1.807) is 0 Å². The molecule has 16 heavy (non-hydrogen) atoms. The van der Waals surface area contributed by atoms with E-state index in [1.807, 2.05) is 0 Å². The lowest BCUT2D eigenvalue weighted by molar-refractivity contribution is -0.140. The van der Waals surface area contributed by atoms with Gasteiger partial charge in [-0.15, -0.1) is 0 Å². The minimum Gasteiger partial charge on any atom is -0.286 e. The highest BCUT2D eigenvalue weighted by Gasteiger charge is 2.46. The smallest absolute Gasteiger partial charge is 0.286 e. The third kappa shape index (κ3) is 2.31. The van der Waals surface area contributed by atoms with Gasteiger partial charge in [0.1, 0.15) is 5.57 Å². The van der Waals surface area contributed by atoms with Crippen molar-refractivity contribution in [2.75, 3.05) is 0 Å². The van der Waals surface area contributed by atoms with Gasteiger partial charge in [0.2, 0.25) is 11.6 Å². The largest absolute Gasteiger partial charge is 0.420 e. The van der Waals surface area contributed by atoms with Gasteiger partial charge < -0.3 is 0 Å². The molecule has 0 unspecified atom stereocenters. The molecule has 0 atom stereocenters. The fraction of sp³-hybridized carbons (Fsp3) is 0.250.